The molecule has 1 nitrogen and oxygen atoms in total. The summed E-state index contributed by atoms with van der Waals surface area (Å²) in [5.41, 5.74) is 5.08. The van der Waals surface area contributed by atoms with Gasteiger partial charge in [-0.2, -0.15) is 0 Å². The Morgan fingerprint density at radius 1 is 1.29 bits per heavy atom. The molecule has 0 N–H and O–H groups in total. The molecule has 0 spiro atoms. The van der Waals surface area contributed by atoms with E-state index in [9.17, 15) is 0 Å². The lowest BCUT2D eigenvalue weighted by Crippen LogP contribution is -2.00. The van der Waals surface area contributed by atoms with E-state index in [1.165, 1.54) is 22.4 Å². The van der Waals surface area contributed by atoms with Gasteiger partial charge in [-0.25, -0.2) is 0 Å². The van der Waals surface area contributed by atoms with Crippen LogP contribution in [0.3, 0.4) is 0 Å². The summed E-state index contributed by atoms with van der Waals surface area (Å²) in [6.45, 7) is 6.24. The molecule has 1 aliphatic rings. The minimum atomic E-state index is 0.283. The highest BCUT2D eigenvalue weighted by molar-refractivity contribution is 6.31. The molecule has 0 aromatic heterocycles. The number of aryl methyl sites for hydroxylation is 1. The maximum atomic E-state index is 6.07. The molecular formula is C19H22ClN. The van der Waals surface area contributed by atoms with Crippen molar-refractivity contribution in [2.24, 2.45) is 4.99 Å². The molecule has 1 heterocycles. The number of allylic oxidation sites excluding steroid dienone is 5. The van der Waals surface area contributed by atoms with E-state index in [1.54, 1.807) is 0 Å². The van der Waals surface area contributed by atoms with Crippen LogP contribution in [0.4, 0.5) is 0 Å². The molecule has 1 aromatic rings. The van der Waals surface area contributed by atoms with Gasteiger partial charge in [0.05, 0.1) is 6.04 Å². The lowest BCUT2D eigenvalue weighted by molar-refractivity contribution is 0.763. The van der Waals surface area contributed by atoms with Crippen LogP contribution in [0.1, 0.15) is 37.8 Å². The standard InChI is InChI=1S/C19H22ClN/c1-4-7-16(20)11-10-15(3)18-12-13-19(21-18)17-9-6-5-8-14(17)2/h4-11,18H,12-13H2,1-3H3/b7-4+,15-10+,16-11+. The first-order chi connectivity index (χ1) is 10.1. The number of aliphatic imine (C=N–C) groups is 1. The Morgan fingerprint density at radius 3 is 2.76 bits per heavy atom. The lowest BCUT2D eigenvalue weighted by Gasteiger charge is -2.06. The van der Waals surface area contributed by atoms with E-state index in [4.69, 9.17) is 16.6 Å². The summed E-state index contributed by atoms with van der Waals surface area (Å²) in [4.78, 5) is 4.90. The summed E-state index contributed by atoms with van der Waals surface area (Å²) in [6.07, 6.45) is 9.98. The third-order valence-electron chi connectivity index (χ3n) is 3.78. The van der Waals surface area contributed by atoms with Crippen molar-refractivity contribution in [1.82, 2.24) is 0 Å². The highest BCUT2D eigenvalue weighted by Crippen LogP contribution is 2.25. The number of halogens is 1. The zero-order chi connectivity index (χ0) is 15.2. The molecule has 2 heteroatoms. The van der Waals surface area contributed by atoms with E-state index in [-0.39, 0.29) is 6.04 Å². The number of benzene rings is 1. The average Bonchev–Trinajstić information content (AvgIpc) is 2.95. The van der Waals surface area contributed by atoms with Crippen LogP contribution in [-0.2, 0) is 0 Å². The molecule has 0 saturated heterocycles. The summed E-state index contributed by atoms with van der Waals surface area (Å²) in [6, 6.07) is 8.75. The molecule has 0 radical (unpaired) electrons. The Morgan fingerprint density at radius 2 is 2.05 bits per heavy atom. The van der Waals surface area contributed by atoms with Gasteiger partial charge >= 0.3 is 0 Å². The van der Waals surface area contributed by atoms with Gasteiger partial charge in [-0.1, -0.05) is 48.0 Å². The Kier molecular flexibility index (Phi) is 5.58. The van der Waals surface area contributed by atoms with Crippen LogP contribution in [0.2, 0.25) is 0 Å². The van der Waals surface area contributed by atoms with Gasteiger partial charge < -0.3 is 0 Å². The minimum Gasteiger partial charge on any atom is -0.281 e. The topological polar surface area (TPSA) is 12.4 Å². The van der Waals surface area contributed by atoms with Crippen molar-refractivity contribution >= 4 is 17.3 Å². The maximum absolute atomic E-state index is 6.07. The van der Waals surface area contributed by atoms with Gasteiger partial charge in [0, 0.05) is 10.7 Å². The normalized spacial score (nSPS) is 20.2. The second-order valence-corrected chi connectivity index (χ2v) is 5.84. The molecule has 1 aliphatic heterocycles. The third-order valence-corrected chi connectivity index (χ3v) is 4.03. The second-order valence-electron chi connectivity index (χ2n) is 5.41. The van der Waals surface area contributed by atoms with Gasteiger partial charge in [-0.3, -0.25) is 4.99 Å². The summed E-state index contributed by atoms with van der Waals surface area (Å²) >= 11 is 6.07. The number of hydrogen-bond donors (Lipinski definition) is 0. The van der Waals surface area contributed by atoms with Crippen molar-refractivity contribution in [1.29, 1.82) is 0 Å². The van der Waals surface area contributed by atoms with Crippen LogP contribution >= 0.6 is 11.6 Å². The summed E-state index contributed by atoms with van der Waals surface area (Å²) in [7, 11) is 0. The first-order valence-corrected chi connectivity index (χ1v) is 7.79. The molecular weight excluding hydrogens is 278 g/mol. The van der Waals surface area contributed by atoms with Gasteiger partial charge in [0.25, 0.3) is 0 Å². The SMILES string of the molecule is C/C=C/C(Cl)=C\C=C(/C)C1CCC(c2ccccc2C)=N1. The van der Waals surface area contributed by atoms with Crippen LogP contribution in [0.15, 0.2) is 64.2 Å². The second kappa shape index (κ2) is 7.42. The minimum absolute atomic E-state index is 0.283. The quantitative estimate of drug-likeness (QED) is 0.642. The van der Waals surface area contributed by atoms with Crippen LogP contribution in [0, 0.1) is 6.92 Å². The Bertz CT molecular complexity index is 620. The molecule has 0 amide bonds. The zero-order valence-electron chi connectivity index (χ0n) is 12.9. The van der Waals surface area contributed by atoms with Crippen LogP contribution in [-0.4, -0.2) is 11.8 Å². The van der Waals surface area contributed by atoms with Crippen molar-refractivity contribution in [3.8, 4) is 0 Å². The number of hydrogen-bond acceptors (Lipinski definition) is 1. The largest absolute Gasteiger partial charge is 0.281 e. The highest BCUT2D eigenvalue weighted by atomic mass is 35.5. The van der Waals surface area contributed by atoms with Crippen molar-refractivity contribution < 1.29 is 0 Å². The van der Waals surface area contributed by atoms with Crippen molar-refractivity contribution in [2.75, 3.05) is 0 Å². The van der Waals surface area contributed by atoms with Gasteiger partial charge in [0.15, 0.2) is 0 Å². The molecule has 0 saturated carbocycles. The van der Waals surface area contributed by atoms with Gasteiger partial charge in [0.2, 0.25) is 0 Å². The molecule has 0 bridgehead atoms. The van der Waals surface area contributed by atoms with E-state index in [1.807, 2.05) is 25.2 Å². The molecule has 0 aliphatic carbocycles. The predicted molar refractivity (Wildman–Crippen MR) is 93.2 cm³/mol. The molecule has 1 aromatic carbocycles. The Hall–Kier alpha value is -1.60. The zero-order valence-corrected chi connectivity index (χ0v) is 13.7. The predicted octanol–water partition coefficient (Wildman–Crippen LogP) is 5.59. The van der Waals surface area contributed by atoms with E-state index >= 15 is 0 Å². The van der Waals surface area contributed by atoms with Crippen LogP contribution in [0.5, 0.6) is 0 Å². The Balaban J connectivity index is 2.16. The molecule has 0 fully saturated rings. The average molecular weight is 300 g/mol. The number of rotatable bonds is 4. The summed E-state index contributed by atoms with van der Waals surface area (Å²) in [5.74, 6) is 0. The fourth-order valence-electron chi connectivity index (χ4n) is 2.56. The first kappa shape index (κ1) is 15.8. The van der Waals surface area contributed by atoms with Crippen molar-refractivity contribution in [2.45, 2.75) is 39.7 Å². The first-order valence-electron chi connectivity index (χ1n) is 7.41. The smallest absolute Gasteiger partial charge is 0.0716 e. The monoisotopic (exact) mass is 299 g/mol. The van der Waals surface area contributed by atoms with Crippen LogP contribution in [0.25, 0.3) is 0 Å². The third kappa shape index (κ3) is 4.18. The molecule has 1 atom stereocenters. The van der Waals surface area contributed by atoms with E-state index in [2.05, 4.69) is 44.2 Å². The number of nitrogens with zero attached hydrogens (tertiary/aromatic N) is 1. The van der Waals surface area contributed by atoms with Gasteiger partial charge in [-0.15, -0.1) is 0 Å². The van der Waals surface area contributed by atoms with Crippen molar-refractivity contribution in [3.63, 3.8) is 0 Å². The summed E-state index contributed by atoms with van der Waals surface area (Å²) < 4.78 is 0. The van der Waals surface area contributed by atoms with E-state index < -0.39 is 0 Å². The molecule has 21 heavy (non-hydrogen) atoms. The molecule has 1 unspecified atom stereocenters. The van der Waals surface area contributed by atoms with E-state index in [0.717, 1.165) is 17.9 Å². The maximum Gasteiger partial charge on any atom is 0.0716 e. The van der Waals surface area contributed by atoms with Gasteiger partial charge in [0.1, 0.15) is 0 Å². The highest BCUT2D eigenvalue weighted by Gasteiger charge is 2.20. The van der Waals surface area contributed by atoms with Crippen molar-refractivity contribution in [3.05, 3.63) is 70.3 Å². The lowest BCUT2D eigenvalue weighted by atomic mass is 10.0. The fraction of sp³-hybridized carbons (Fsp3) is 0.316. The molecule has 110 valence electrons. The van der Waals surface area contributed by atoms with Gasteiger partial charge in [-0.05, 0) is 62.5 Å². The summed E-state index contributed by atoms with van der Waals surface area (Å²) in [5, 5.41) is 0.748. The fourth-order valence-corrected chi connectivity index (χ4v) is 2.75. The van der Waals surface area contributed by atoms with Crippen LogP contribution < -0.4 is 0 Å². The van der Waals surface area contributed by atoms with E-state index in [0.29, 0.717) is 0 Å². The Labute approximate surface area is 132 Å². The molecule has 2 rings (SSSR count).